The second kappa shape index (κ2) is 9.58. The highest BCUT2D eigenvalue weighted by atomic mass is 35.5. The molecule has 1 aliphatic heterocycles. The van der Waals surface area contributed by atoms with Gasteiger partial charge < -0.3 is 15.0 Å². The quantitative estimate of drug-likeness (QED) is 0.573. The molecule has 3 heterocycles. The van der Waals surface area contributed by atoms with Gasteiger partial charge in [0.25, 0.3) is 0 Å². The summed E-state index contributed by atoms with van der Waals surface area (Å²) in [6.07, 6.45) is 0.932. The predicted octanol–water partition coefficient (Wildman–Crippen LogP) is 4.37. The van der Waals surface area contributed by atoms with E-state index in [1.165, 1.54) is 0 Å². The van der Waals surface area contributed by atoms with E-state index in [1.54, 1.807) is 11.8 Å². The maximum Gasteiger partial charge on any atom is 0.242 e. The first-order chi connectivity index (χ1) is 15.4. The van der Waals surface area contributed by atoms with Crippen LogP contribution in [0.15, 0.2) is 18.2 Å². The normalized spacial score (nSPS) is 14.1. The van der Waals surface area contributed by atoms with Crippen molar-refractivity contribution in [1.82, 2.24) is 14.8 Å². The molecular weight excluding hydrogens is 446 g/mol. The summed E-state index contributed by atoms with van der Waals surface area (Å²) in [6.45, 7) is 5.99. The number of amides is 1. The number of carbonyl (C=O) groups is 1. The molecule has 1 amide bonds. The third-order valence-corrected chi connectivity index (χ3v) is 7.15. The molecule has 4 rings (SSSR count). The Balaban J connectivity index is 1.45. The fourth-order valence-corrected chi connectivity index (χ4v) is 5.42. The number of benzene rings is 1. The number of ether oxygens (including phenoxy) is 1. The standard InChI is InChI=1S/C23H28ClN5O2S/c1-14-17(15(2)25-22-21(14)23(31-4)27-28(22)3)6-8-20(30)26-16-5-7-19(18(24)13-16)29-9-11-32-12-10-29/h5,7,13H,6,8-12H2,1-4H3,(H,26,30). The lowest BCUT2D eigenvalue weighted by Gasteiger charge is -2.29. The summed E-state index contributed by atoms with van der Waals surface area (Å²) in [5, 5.41) is 8.93. The Hall–Kier alpha value is -2.45. The summed E-state index contributed by atoms with van der Waals surface area (Å²) in [6, 6.07) is 5.75. The van der Waals surface area contributed by atoms with Gasteiger partial charge in [-0.2, -0.15) is 11.8 Å². The third kappa shape index (κ3) is 4.52. The minimum absolute atomic E-state index is 0.0553. The number of anilines is 2. The van der Waals surface area contributed by atoms with E-state index in [-0.39, 0.29) is 5.91 Å². The summed E-state index contributed by atoms with van der Waals surface area (Å²) < 4.78 is 7.15. The van der Waals surface area contributed by atoms with Gasteiger partial charge in [0, 0.05) is 49.4 Å². The Morgan fingerprint density at radius 3 is 2.72 bits per heavy atom. The summed E-state index contributed by atoms with van der Waals surface area (Å²) in [5.41, 5.74) is 5.53. The number of carbonyl (C=O) groups excluding carboxylic acids is 1. The number of aryl methyl sites for hydroxylation is 3. The first kappa shape index (κ1) is 22.7. The molecule has 0 saturated carbocycles. The molecule has 1 N–H and O–H groups in total. The molecule has 1 aromatic carbocycles. The van der Waals surface area contributed by atoms with Crippen molar-refractivity contribution in [3.63, 3.8) is 0 Å². The molecular formula is C23H28ClN5O2S. The van der Waals surface area contributed by atoms with E-state index in [1.807, 2.05) is 50.9 Å². The molecule has 3 aromatic rings. The molecule has 0 aliphatic carbocycles. The number of nitrogens with one attached hydrogen (secondary N) is 1. The van der Waals surface area contributed by atoms with Gasteiger partial charge in [0.15, 0.2) is 5.65 Å². The van der Waals surface area contributed by atoms with Gasteiger partial charge >= 0.3 is 0 Å². The summed E-state index contributed by atoms with van der Waals surface area (Å²) in [4.78, 5) is 19.7. The number of hydrogen-bond donors (Lipinski definition) is 1. The molecule has 2 aromatic heterocycles. The van der Waals surface area contributed by atoms with Crippen molar-refractivity contribution in [1.29, 1.82) is 0 Å². The number of halogens is 1. The van der Waals surface area contributed by atoms with Crippen molar-refractivity contribution in [2.24, 2.45) is 7.05 Å². The van der Waals surface area contributed by atoms with Crippen LogP contribution in [-0.2, 0) is 18.3 Å². The zero-order valence-corrected chi connectivity index (χ0v) is 20.4. The fourth-order valence-electron chi connectivity index (χ4n) is 4.21. The highest BCUT2D eigenvalue weighted by molar-refractivity contribution is 7.99. The van der Waals surface area contributed by atoms with Crippen LogP contribution in [0.2, 0.25) is 5.02 Å². The molecule has 0 radical (unpaired) electrons. The van der Waals surface area contributed by atoms with E-state index >= 15 is 0 Å². The van der Waals surface area contributed by atoms with Gasteiger partial charge in [-0.25, -0.2) is 9.67 Å². The van der Waals surface area contributed by atoms with Crippen LogP contribution in [-0.4, -0.2) is 52.4 Å². The molecule has 1 saturated heterocycles. The highest BCUT2D eigenvalue weighted by Gasteiger charge is 2.19. The van der Waals surface area contributed by atoms with Crippen LogP contribution >= 0.6 is 23.4 Å². The van der Waals surface area contributed by atoms with Crippen molar-refractivity contribution >= 4 is 51.7 Å². The predicted molar refractivity (Wildman–Crippen MR) is 132 cm³/mol. The van der Waals surface area contributed by atoms with Crippen LogP contribution in [0.3, 0.4) is 0 Å². The average Bonchev–Trinajstić information content (AvgIpc) is 3.10. The number of pyridine rings is 1. The van der Waals surface area contributed by atoms with E-state index < -0.39 is 0 Å². The van der Waals surface area contributed by atoms with Gasteiger partial charge in [-0.05, 0) is 49.6 Å². The zero-order chi connectivity index (χ0) is 22.8. The molecule has 1 fully saturated rings. The van der Waals surface area contributed by atoms with E-state index in [4.69, 9.17) is 21.3 Å². The number of thioether (sulfide) groups is 1. The lowest BCUT2D eigenvalue weighted by atomic mass is 10.00. The smallest absolute Gasteiger partial charge is 0.242 e. The molecule has 9 heteroatoms. The third-order valence-electron chi connectivity index (χ3n) is 5.90. The van der Waals surface area contributed by atoms with Crippen molar-refractivity contribution < 1.29 is 9.53 Å². The number of rotatable bonds is 6. The summed E-state index contributed by atoms with van der Waals surface area (Å²) in [7, 11) is 3.46. The Morgan fingerprint density at radius 2 is 2.03 bits per heavy atom. The fraction of sp³-hybridized carbons (Fsp3) is 0.435. The first-order valence-corrected chi connectivity index (χ1v) is 12.2. The number of hydrogen-bond acceptors (Lipinski definition) is 6. The Labute approximate surface area is 197 Å². The van der Waals surface area contributed by atoms with Gasteiger partial charge in [-0.3, -0.25) is 4.79 Å². The number of nitrogens with zero attached hydrogens (tertiary/aromatic N) is 4. The minimum atomic E-state index is -0.0553. The van der Waals surface area contributed by atoms with Crippen molar-refractivity contribution in [2.45, 2.75) is 26.7 Å². The maximum absolute atomic E-state index is 12.7. The number of aromatic nitrogens is 3. The minimum Gasteiger partial charge on any atom is -0.479 e. The molecule has 0 spiro atoms. The zero-order valence-electron chi connectivity index (χ0n) is 18.9. The van der Waals surface area contributed by atoms with E-state index in [2.05, 4.69) is 15.3 Å². The Bertz CT molecular complexity index is 1160. The average molecular weight is 474 g/mol. The molecule has 32 heavy (non-hydrogen) atoms. The first-order valence-electron chi connectivity index (χ1n) is 10.7. The van der Waals surface area contributed by atoms with Crippen molar-refractivity contribution in [2.75, 3.05) is 41.9 Å². The van der Waals surface area contributed by atoms with Gasteiger partial charge in [0.1, 0.15) is 0 Å². The van der Waals surface area contributed by atoms with Crippen molar-refractivity contribution in [3.05, 3.63) is 40.0 Å². The van der Waals surface area contributed by atoms with Crippen LogP contribution in [0.5, 0.6) is 5.88 Å². The molecule has 0 unspecified atom stereocenters. The van der Waals surface area contributed by atoms with Crippen LogP contribution in [0.25, 0.3) is 11.0 Å². The topological polar surface area (TPSA) is 72.3 Å². The van der Waals surface area contributed by atoms with Crippen LogP contribution in [0, 0.1) is 13.8 Å². The maximum atomic E-state index is 12.7. The molecule has 7 nitrogen and oxygen atoms in total. The van der Waals surface area contributed by atoms with E-state index in [0.29, 0.717) is 29.4 Å². The van der Waals surface area contributed by atoms with Gasteiger partial charge in [-0.1, -0.05) is 11.6 Å². The molecule has 0 bridgehead atoms. The lowest BCUT2D eigenvalue weighted by molar-refractivity contribution is -0.116. The van der Waals surface area contributed by atoms with Crippen LogP contribution in [0.1, 0.15) is 23.2 Å². The molecule has 1 aliphatic rings. The second-order valence-electron chi connectivity index (χ2n) is 7.95. The van der Waals surface area contributed by atoms with Gasteiger partial charge in [0.2, 0.25) is 11.8 Å². The van der Waals surface area contributed by atoms with Gasteiger partial charge in [0.05, 0.1) is 23.2 Å². The van der Waals surface area contributed by atoms with Gasteiger partial charge in [-0.15, -0.1) is 5.10 Å². The molecule has 0 atom stereocenters. The van der Waals surface area contributed by atoms with E-state index in [9.17, 15) is 4.79 Å². The largest absolute Gasteiger partial charge is 0.479 e. The van der Waals surface area contributed by atoms with Crippen LogP contribution in [0.4, 0.5) is 11.4 Å². The Morgan fingerprint density at radius 1 is 1.28 bits per heavy atom. The van der Waals surface area contributed by atoms with E-state index in [0.717, 1.165) is 58.1 Å². The SMILES string of the molecule is COc1nn(C)c2nc(C)c(CCC(=O)Nc3ccc(N4CCSCC4)c(Cl)c3)c(C)c12. The van der Waals surface area contributed by atoms with Crippen LogP contribution < -0.4 is 15.0 Å². The summed E-state index contributed by atoms with van der Waals surface area (Å²) in [5.74, 6) is 2.72. The lowest BCUT2D eigenvalue weighted by Crippen LogP contribution is -2.32. The highest BCUT2D eigenvalue weighted by Crippen LogP contribution is 2.32. The summed E-state index contributed by atoms with van der Waals surface area (Å²) >= 11 is 8.48. The number of fused-ring (bicyclic) bond motifs is 1. The number of methoxy groups -OCH3 is 1. The van der Waals surface area contributed by atoms with Crippen molar-refractivity contribution in [3.8, 4) is 5.88 Å². The second-order valence-corrected chi connectivity index (χ2v) is 9.58. The Kier molecular flexibility index (Phi) is 6.81. The molecule has 170 valence electrons. The monoisotopic (exact) mass is 473 g/mol.